The van der Waals surface area contributed by atoms with Crippen molar-refractivity contribution in [2.75, 3.05) is 13.7 Å². The third-order valence-corrected chi connectivity index (χ3v) is 5.67. The Kier molecular flexibility index (Phi) is 7.31. The predicted molar refractivity (Wildman–Crippen MR) is 115 cm³/mol. The zero-order chi connectivity index (χ0) is 19.8. The van der Waals surface area contributed by atoms with Gasteiger partial charge in [-0.15, -0.1) is 11.3 Å². The van der Waals surface area contributed by atoms with Crippen LogP contribution in [0.2, 0.25) is 0 Å². The number of benzene rings is 1. The summed E-state index contributed by atoms with van der Waals surface area (Å²) >= 11 is 1.51. The van der Waals surface area contributed by atoms with Crippen LogP contribution in [0.1, 0.15) is 47.1 Å². The zero-order valence-electron chi connectivity index (χ0n) is 16.6. The molecule has 1 amide bonds. The van der Waals surface area contributed by atoms with E-state index in [0.29, 0.717) is 6.54 Å². The Hall–Kier alpha value is -2.53. The van der Waals surface area contributed by atoms with E-state index in [1.807, 2.05) is 34.5 Å². The average Bonchev–Trinajstić information content (AvgIpc) is 3.39. The molecule has 2 heterocycles. The molecule has 148 valence electrons. The number of amides is 1. The third-order valence-electron chi connectivity index (χ3n) is 4.81. The van der Waals surface area contributed by atoms with E-state index in [-0.39, 0.29) is 5.91 Å². The van der Waals surface area contributed by atoms with Gasteiger partial charge in [0.25, 0.3) is 5.91 Å². The van der Waals surface area contributed by atoms with E-state index < -0.39 is 0 Å². The predicted octanol–water partition coefficient (Wildman–Crippen LogP) is 5.44. The van der Waals surface area contributed by atoms with E-state index in [4.69, 9.17) is 4.74 Å². The van der Waals surface area contributed by atoms with Crippen molar-refractivity contribution in [1.29, 1.82) is 0 Å². The monoisotopic (exact) mass is 396 g/mol. The molecule has 0 fully saturated rings. The first-order chi connectivity index (χ1) is 13.7. The zero-order valence-corrected chi connectivity index (χ0v) is 17.5. The van der Waals surface area contributed by atoms with Crippen LogP contribution in [-0.4, -0.2) is 29.0 Å². The van der Waals surface area contributed by atoms with Crippen LogP contribution in [0.15, 0.2) is 60.1 Å². The van der Waals surface area contributed by atoms with Crippen molar-refractivity contribution < 1.29 is 9.53 Å². The quantitative estimate of drug-likeness (QED) is 0.428. The van der Waals surface area contributed by atoms with Gasteiger partial charge >= 0.3 is 0 Å². The average molecular weight is 397 g/mol. The summed E-state index contributed by atoms with van der Waals surface area (Å²) in [5.41, 5.74) is 2.32. The maximum atomic E-state index is 13.0. The molecule has 0 radical (unpaired) electrons. The highest BCUT2D eigenvalue weighted by atomic mass is 32.1. The third kappa shape index (κ3) is 5.26. The normalized spacial score (nSPS) is 10.8. The van der Waals surface area contributed by atoms with Gasteiger partial charge < -0.3 is 14.2 Å². The van der Waals surface area contributed by atoms with Crippen molar-refractivity contribution in [2.24, 2.45) is 0 Å². The van der Waals surface area contributed by atoms with Crippen LogP contribution in [0, 0.1) is 0 Å². The van der Waals surface area contributed by atoms with E-state index >= 15 is 0 Å². The summed E-state index contributed by atoms with van der Waals surface area (Å²) in [5.74, 6) is 0.987. The molecule has 2 aromatic heterocycles. The van der Waals surface area contributed by atoms with Gasteiger partial charge in [0.2, 0.25) is 0 Å². The van der Waals surface area contributed by atoms with Crippen molar-refractivity contribution in [2.45, 2.75) is 39.3 Å². The van der Waals surface area contributed by atoms with Crippen LogP contribution in [0.4, 0.5) is 0 Å². The molecule has 0 aliphatic heterocycles. The minimum Gasteiger partial charge on any atom is -0.497 e. The number of rotatable bonds is 10. The van der Waals surface area contributed by atoms with Crippen molar-refractivity contribution in [3.8, 4) is 5.75 Å². The maximum absolute atomic E-state index is 13.0. The topological polar surface area (TPSA) is 34.5 Å². The highest BCUT2D eigenvalue weighted by molar-refractivity contribution is 7.12. The van der Waals surface area contributed by atoms with E-state index in [9.17, 15) is 4.79 Å². The number of hydrogen-bond acceptors (Lipinski definition) is 3. The van der Waals surface area contributed by atoms with Gasteiger partial charge in [0, 0.05) is 25.0 Å². The number of ether oxygens (including phenoxy) is 1. The summed E-state index contributed by atoms with van der Waals surface area (Å²) in [7, 11) is 1.69. The van der Waals surface area contributed by atoms with Gasteiger partial charge in [0.15, 0.2) is 0 Å². The molecule has 28 heavy (non-hydrogen) atoms. The first-order valence-electron chi connectivity index (χ1n) is 9.81. The van der Waals surface area contributed by atoms with E-state index in [1.54, 1.807) is 7.11 Å². The number of thiophene rings is 1. The molecule has 0 N–H and O–H groups in total. The summed E-state index contributed by atoms with van der Waals surface area (Å²) in [5, 5.41) is 1.96. The number of hydrogen-bond donors (Lipinski definition) is 0. The van der Waals surface area contributed by atoms with Gasteiger partial charge in [-0.3, -0.25) is 4.79 Å². The molecule has 0 aliphatic rings. The lowest BCUT2D eigenvalue weighted by atomic mass is 10.2. The molecule has 4 nitrogen and oxygen atoms in total. The van der Waals surface area contributed by atoms with E-state index in [2.05, 4.69) is 42.0 Å². The van der Waals surface area contributed by atoms with E-state index in [1.165, 1.54) is 16.9 Å². The fourth-order valence-electron chi connectivity index (χ4n) is 3.27. The lowest BCUT2D eigenvalue weighted by molar-refractivity contribution is 0.0741. The Morgan fingerprint density at radius 3 is 2.79 bits per heavy atom. The molecule has 0 saturated heterocycles. The lowest BCUT2D eigenvalue weighted by Gasteiger charge is -2.23. The van der Waals surface area contributed by atoms with Gasteiger partial charge in [-0.1, -0.05) is 38.0 Å². The Morgan fingerprint density at radius 1 is 1.14 bits per heavy atom. The smallest absolute Gasteiger partial charge is 0.264 e. The summed E-state index contributed by atoms with van der Waals surface area (Å²) in [6, 6.07) is 16.1. The Bertz CT molecular complexity index is 870. The van der Waals surface area contributed by atoms with Crippen molar-refractivity contribution in [3.05, 3.63) is 76.2 Å². The van der Waals surface area contributed by atoms with Gasteiger partial charge in [-0.2, -0.15) is 0 Å². The number of carbonyl (C=O) groups excluding carboxylic acids is 1. The molecule has 0 saturated carbocycles. The van der Waals surface area contributed by atoms with E-state index in [0.717, 1.165) is 48.7 Å². The first-order valence-corrected chi connectivity index (χ1v) is 10.7. The summed E-state index contributed by atoms with van der Waals surface area (Å²) in [6.45, 7) is 4.35. The van der Waals surface area contributed by atoms with Crippen LogP contribution >= 0.6 is 11.3 Å². The molecule has 1 aromatic carbocycles. The van der Waals surface area contributed by atoms with Crippen LogP contribution in [-0.2, 0) is 13.1 Å². The maximum Gasteiger partial charge on any atom is 0.264 e. The Balaban J connectivity index is 1.75. The SMILES string of the molecule is CCCCCN(Cc1cccn1Cc1cccc(OC)c1)C(=O)c1cccs1. The van der Waals surface area contributed by atoms with Gasteiger partial charge in [-0.05, 0) is 47.7 Å². The van der Waals surface area contributed by atoms with Crippen molar-refractivity contribution in [3.63, 3.8) is 0 Å². The second kappa shape index (κ2) is 10.1. The minimum atomic E-state index is 0.125. The van der Waals surface area contributed by atoms with Crippen LogP contribution in [0.25, 0.3) is 0 Å². The minimum absolute atomic E-state index is 0.125. The molecule has 0 aliphatic carbocycles. The van der Waals surface area contributed by atoms with Crippen LogP contribution in [0.5, 0.6) is 5.75 Å². The standard InChI is InChI=1S/C23H28N2O2S/c1-3-4-5-13-25(23(26)22-12-8-15-28-22)18-20-10-7-14-24(20)17-19-9-6-11-21(16-19)27-2/h6-12,14-16H,3-5,13,17-18H2,1-2H3. The van der Waals surface area contributed by atoms with Gasteiger partial charge in [-0.25, -0.2) is 0 Å². The molecule has 3 aromatic rings. The van der Waals surface area contributed by atoms with Crippen LogP contribution < -0.4 is 4.74 Å². The molecule has 3 rings (SSSR count). The lowest BCUT2D eigenvalue weighted by Crippen LogP contribution is -2.32. The molecular formula is C23H28N2O2S. The fourth-order valence-corrected chi connectivity index (χ4v) is 3.96. The summed E-state index contributed by atoms with van der Waals surface area (Å²) in [4.78, 5) is 15.8. The number of carbonyl (C=O) groups is 1. The molecule has 0 atom stereocenters. The molecular weight excluding hydrogens is 368 g/mol. The van der Waals surface area contributed by atoms with Gasteiger partial charge in [0.1, 0.15) is 5.75 Å². The molecule has 0 spiro atoms. The van der Waals surface area contributed by atoms with Crippen molar-refractivity contribution in [1.82, 2.24) is 9.47 Å². The van der Waals surface area contributed by atoms with Gasteiger partial charge in [0.05, 0.1) is 18.5 Å². The van der Waals surface area contributed by atoms with Crippen molar-refractivity contribution >= 4 is 17.2 Å². The number of aromatic nitrogens is 1. The Morgan fingerprint density at radius 2 is 2.04 bits per heavy atom. The highest BCUT2D eigenvalue weighted by Gasteiger charge is 2.18. The number of unbranched alkanes of at least 4 members (excludes halogenated alkanes) is 2. The second-order valence-electron chi connectivity index (χ2n) is 6.89. The molecule has 0 bridgehead atoms. The molecule has 0 unspecified atom stereocenters. The van der Waals surface area contributed by atoms with Crippen LogP contribution in [0.3, 0.4) is 0 Å². The number of methoxy groups -OCH3 is 1. The highest BCUT2D eigenvalue weighted by Crippen LogP contribution is 2.18. The second-order valence-corrected chi connectivity index (χ2v) is 7.84. The number of nitrogens with zero attached hydrogens (tertiary/aromatic N) is 2. The Labute approximate surface area is 171 Å². The molecule has 5 heteroatoms. The first kappa shape index (κ1) is 20.2. The fraction of sp³-hybridized carbons (Fsp3) is 0.348. The summed E-state index contributed by atoms with van der Waals surface area (Å²) < 4.78 is 7.55. The summed E-state index contributed by atoms with van der Waals surface area (Å²) in [6.07, 6.45) is 5.39. The largest absolute Gasteiger partial charge is 0.497 e.